The molecule has 0 aliphatic heterocycles. The molecule has 7 nitrogen and oxygen atoms in total. The average molecular weight is 354 g/mol. The molecule has 0 aliphatic rings. The Balaban J connectivity index is 1.95. The summed E-state index contributed by atoms with van der Waals surface area (Å²) in [4.78, 5) is 18.8. The van der Waals surface area contributed by atoms with Crippen molar-refractivity contribution >= 4 is 38.4 Å². The van der Waals surface area contributed by atoms with Gasteiger partial charge in [0.2, 0.25) is 0 Å². The highest BCUT2D eigenvalue weighted by Gasteiger charge is 2.18. The molecule has 4 rings (SSSR count). The maximum absolute atomic E-state index is 9.09. The Morgan fingerprint density at radius 2 is 2.12 bits per heavy atom. The molecule has 0 amide bonds. The Morgan fingerprint density at radius 3 is 2.88 bits per heavy atom. The number of aliphatic hydroxyl groups excluding tert-OH is 1. The molecule has 0 bridgehead atoms. The monoisotopic (exact) mass is 354 g/mol. The number of fused-ring (bicyclic) bond motifs is 3. The van der Waals surface area contributed by atoms with E-state index in [9.17, 15) is 0 Å². The van der Waals surface area contributed by atoms with E-state index in [4.69, 9.17) is 10.8 Å². The first-order valence-electron chi connectivity index (χ1n) is 8.03. The number of aryl methyl sites for hydroxylation is 3. The minimum Gasteiger partial charge on any atom is -0.396 e. The smallest absolute Gasteiger partial charge is 0.152 e. The second-order valence-electron chi connectivity index (χ2n) is 5.92. The normalized spacial score (nSPS) is 11.6. The summed E-state index contributed by atoms with van der Waals surface area (Å²) in [5, 5.41) is 9.09. The highest BCUT2D eigenvalue weighted by Crippen LogP contribution is 2.37. The fourth-order valence-corrected chi connectivity index (χ4v) is 4.13. The van der Waals surface area contributed by atoms with Crippen molar-refractivity contribution < 1.29 is 5.11 Å². The van der Waals surface area contributed by atoms with Crippen molar-refractivity contribution in [2.45, 2.75) is 19.8 Å². The summed E-state index contributed by atoms with van der Waals surface area (Å²) in [6.45, 7) is 2.02. The third-order valence-corrected chi connectivity index (χ3v) is 5.34. The van der Waals surface area contributed by atoms with Crippen LogP contribution in [0.2, 0.25) is 0 Å². The SMILES string of the molecule is Cc1nccc(-c2cc3nc(N)c4nc(CCCO)n(C)c4c3s2)n1. The van der Waals surface area contributed by atoms with Crippen LogP contribution in [0.4, 0.5) is 5.82 Å². The van der Waals surface area contributed by atoms with Gasteiger partial charge in [-0.1, -0.05) is 0 Å². The maximum Gasteiger partial charge on any atom is 0.152 e. The molecule has 0 spiro atoms. The topological polar surface area (TPSA) is 103 Å². The number of anilines is 1. The summed E-state index contributed by atoms with van der Waals surface area (Å²) in [7, 11) is 1.98. The Kier molecular flexibility index (Phi) is 3.85. The predicted molar refractivity (Wildman–Crippen MR) is 99.5 cm³/mol. The lowest BCUT2D eigenvalue weighted by Crippen LogP contribution is -1.99. The molecular weight excluding hydrogens is 336 g/mol. The van der Waals surface area contributed by atoms with E-state index in [1.165, 1.54) is 0 Å². The molecule has 25 heavy (non-hydrogen) atoms. The first-order valence-corrected chi connectivity index (χ1v) is 8.85. The lowest BCUT2D eigenvalue weighted by molar-refractivity contribution is 0.287. The van der Waals surface area contributed by atoms with Crippen molar-refractivity contribution in [2.24, 2.45) is 7.05 Å². The molecular formula is C17H18N6OS. The number of pyridine rings is 1. The molecule has 0 atom stereocenters. The van der Waals surface area contributed by atoms with Crippen molar-refractivity contribution in [1.82, 2.24) is 24.5 Å². The van der Waals surface area contributed by atoms with E-state index in [2.05, 4.69) is 24.5 Å². The number of nitrogen functional groups attached to an aromatic ring is 1. The third kappa shape index (κ3) is 2.63. The second kappa shape index (κ2) is 6.05. The van der Waals surface area contributed by atoms with Crippen LogP contribution in [0.3, 0.4) is 0 Å². The standard InChI is InChI=1S/C17H18N6OS/c1-9-19-6-5-10(20-9)12-8-11-16(25-12)15-14(17(18)21-11)22-13(23(15)2)4-3-7-24/h5-6,8,24H,3-4,7H2,1-2H3,(H2,18,21). The van der Waals surface area contributed by atoms with Gasteiger partial charge in [-0.2, -0.15) is 0 Å². The lowest BCUT2D eigenvalue weighted by Gasteiger charge is -2.02. The zero-order valence-electron chi connectivity index (χ0n) is 14.0. The highest BCUT2D eigenvalue weighted by molar-refractivity contribution is 7.23. The molecule has 0 aromatic carbocycles. The van der Waals surface area contributed by atoms with Gasteiger partial charge in [-0.05, 0) is 25.5 Å². The molecule has 0 aliphatic carbocycles. The van der Waals surface area contributed by atoms with Crippen LogP contribution in [0.15, 0.2) is 18.3 Å². The van der Waals surface area contributed by atoms with Crippen LogP contribution >= 0.6 is 11.3 Å². The molecule has 0 unspecified atom stereocenters. The Morgan fingerprint density at radius 1 is 1.28 bits per heavy atom. The van der Waals surface area contributed by atoms with Crippen molar-refractivity contribution in [2.75, 3.05) is 12.3 Å². The number of aliphatic hydroxyl groups is 1. The molecule has 8 heteroatoms. The molecule has 0 saturated heterocycles. The van der Waals surface area contributed by atoms with E-state index >= 15 is 0 Å². The third-order valence-electron chi connectivity index (χ3n) is 4.19. The molecule has 3 N–H and O–H groups in total. The number of hydrogen-bond acceptors (Lipinski definition) is 7. The number of thiophene rings is 1. The van der Waals surface area contributed by atoms with Crippen molar-refractivity contribution in [3.05, 3.63) is 30.0 Å². The van der Waals surface area contributed by atoms with Gasteiger partial charge in [0.1, 0.15) is 17.2 Å². The number of rotatable bonds is 4. The quantitative estimate of drug-likeness (QED) is 0.583. The van der Waals surface area contributed by atoms with Gasteiger partial charge >= 0.3 is 0 Å². The van der Waals surface area contributed by atoms with E-state index in [-0.39, 0.29) is 6.61 Å². The first-order chi connectivity index (χ1) is 12.1. The van der Waals surface area contributed by atoms with E-state index in [1.807, 2.05) is 26.1 Å². The lowest BCUT2D eigenvalue weighted by atomic mass is 10.3. The van der Waals surface area contributed by atoms with Gasteiger partial charge in [0.15, 0.2) is 5.82 Å². The van der Waals surface area contributed by atoms with Gasteiger partial charge in [0.05, 0.1) is 26.3 Å². The van der Waals surface area contributed by atoms with Crippen LogP contribution in [0.5, 0.6) is 0 Å². The number of hydrogen-bond donors (Lipinski definition) is 2. The van der Waals surface area contributed by atoms with Crippen molar-refractivity contribution in [3.8, 4) is 10.6 Å². The van der Waals surface area contributed by atoms with Gasteiger partial charge in [0.25, 0.3) is 0 Å². The summed E-state index contributed by atoms with van der Waals surface area (Å²) in [6.07, 6.45) is 3.13. The largest absolute Gasteiger partial charge is 0.396 e. The van der Waals surface area contributed by atoms with Gasteiger partial charge in [-0.3, -0.25) is 0 Å². The van der Waals surface area contributed by atoms with Crippen LogP contribution in [-0.2, 0) is 13.5 Å². The Hall–Kier alpha value is -2.58. The van der Waals surface area contributed by atoms with Crippen molar-refractivity contribution in [1.29, 1.82) is 0 Å². The van der Waals surface area contributed by atoms with E-state index in [0.29, 0.717) is 18.7 Å². The summed E-state index contributed by atoms with van der Waals surface area (Å²) in [5.41, 5.74) is 9.57. The first kappa shape index (κ1) is 15.9. The average Bonchev–Trinajstić information content (AvgIpc) is 3.15. The van der Waals surface area contributed by atoms with Gasteiger partial charge in [-0.25, -0.2) is 19.9 Å². The molecule has 4 aromatic rings. The fraction of sp³-hybridized carbons (Fsp3) is 0.294. The fourth-order valence-electron chi connectivity index (χ4n) is 2.98. The van der Waals surface area contributed by atoms with Gasteiger partial charge in [-0.15, -0.1) is 11.3 Å². The Bertz CT molecular complexity index is 1080. The Labute approximate surface area is 148 Å². The summed E-state index contributed by atoms with van der Waals surface area (Å²) >= 11 is 1.63. The van der Waals surface area contributed by atoms with Crippen LogP contribution in [0, 0.1) is 6.92 Å². The van der Waals surface area contributed by atoms with Crippen LogP contribution in [0.1, 0.15) is 18.1 Å². The number of imidazole rings is 1. The minimum absolute atomic E-state index is 0.141. The summed E-state index contributed by atoms with van der Waals surface area (Å²) in [6, 6.07) is 3.91. The van der Waals surface area contributed by atoms with Gasteiger partial charge < -0.3 is 15.4 Å². The number of nitrogens with zero attached hydrogens (tertiary/aromatic N) is 5. The van der Waals surface area contributed by atoms with Gasteiger partial charge in [0, 0.05) is 26.3 Å². The number of nitrogens with two attached hydrogens (primary N) is 1. The zero-order chi connectivity index (χ0) is 17.6. The van der Waals surface area contributed by atoms with Crippen LogP contribution in [-0.4, -0.2) is 36.2 Å². The van der Waals surface area contributed by atoms with Crippen LogP contribution in [0.25, 0.3) is 31.8 Å². The molecule has 0 saturated carbocycles. The number of aromatic nitrogens is 5. The van der Waals surface area contributed by atoms with E-state index in [1.54, 1.807) is 17.5 Å². The summed E-state index contributed by atoms with van der Waals surface area (Å²) < 4.78 is 3.09. The highest BCUT2D eigenvalue weighted by atomic mass is 32.1. The summed E-state index contributed by atoms with van der Waals surface area (Å²) in [5.74, 6) is 2.06. The second-order valence-corrected chi connectivity index (χ2v) is 6.97. The molecule has 0 radical (unpaired) electrons. The van der Waals surface area contributed by atoms with Crippen molar-refractivity contribution in [3.63, 3.8) is 0 Å². The molecule has 4 aromatic heterocycles. The molecule has 0 fully saturated rings. The predicted octanol–water partition coefficient (Wildman–Crippen LogP) is 2.46. The van der Waals surface area contributed by atoms with E-state index < -0.39 is 0 Å². The molecule has 4 heterocycles. The van der Waals surface area contributed by atoms with E-state index in [0.717, 1.165) is 43.5 Å². The molecule has 128 valence electrons. The maximum atomic E-state index is 9.09. The minimum atomic E-state index is 0.141. The zero-order valence-corrected chi connectivity index (χ0v) is 14.8. The van der Waals surface area contributed by atoms with Crippen LogP contribution < -0.4 is 5.73 Å².